The molecule has 8 heteroatoms. The van der Waals surface area contributed by atoms with Crippen LogP contribution in [0.3, 0.4) is 0 Å². The molecule has 0 saturated heterocycles. The van der Waals surface area contributed by atoms with E-state index in [1.807, 2.05) is 12.1 Å². The number of halogens is 1. The van der Waals surface area contributed by atoms with Crippen LogP contribution in [0.4, 0.5) is 0 Å². The molecule has 2 rings (SSSR count). The Hall–Kier alpha value is -1.55. The molecule has 0 bridgehead atoms. The number of hydrogen-bond donors (Lipinski definition) is 2. The standard InChI is InChI=1S/C21H32N4O2S.HI/c1-14-15(2)28-19(25-14)10-11-23-20(22-5)24-13-21(3,4)16-8-9-17(26-6)18(12-16)27-7;/h8-9,12H,10-11,13H2,1-7H3,(H2,22,23,24);1H. The Labute approximate surface area is 195 Å². The highest BCUT2D eigenvalue weighted by atomic mass is 127. The van der Waals surface area contributed by atoms with Gasteiger partial charge in [-0.05, 0) is 31.5 Å². The zero-order chi connectivity index (χ0) is 20.7. The van der Waals surface area contributed by atoms with Crippen LogP contribution >= 0.6 is 35.3 Å². The average molecular weight is 532 g/mol. The monoisotopic (exact) mass is 532 g/mol. The topological polar surface area (TPSA) is 67.8 Å². The molecule has 0 spiro atoms. The zero-order valence-corrected chi connectivity index (χ0v) is 21.5. The van der Waals surface area contributed by atoms with E-state index in [-0.39, 0.29) is 29.4 Å². The molecule has 29 heavy (non-hydrogen) atoms. The molecule has 0 amide bonds. The molecule has 0 unspecified atom stereocenters. The molecule has 162 valence electrons. The Morgan fingerprint density at radius 1 is 1.14 bits per heavy atom. The lowest BCUT2D eigenvalue weighted by atomic mass is 9.84. The van der Waals surface area contributed by atoms with Crippen molar-refractivity contribution >= 4 is 41.3 Å². The third-order valence-corrected chi connectivity index (χ3v) is 5.92. The summed E-state index contributed by atoms with van der Waals surface area (Å²) in [6.45, 7) is 10.1. The first-order valence-electron chi connectivity index (χ1n) is 9.40. The largest absolute Gasteiger partial charge is 0.493 e. The van der Waals surface area contributed by atoms with Crippen LogP contribution in [-0.4, -0.2) is 45.3 Å². The van der Waals surface area contributed by atoms with Crippen LogP contribution in [0.2, 0.25) is 0 Å². The van der Waals surface area contributed by atoms with Crippen LogP contribution in [0.5, 0.6) is 11.5 Å². The first kappa shape index (κ1) is 25.5. The lowest BCUT2D eigenvalue weighted by Crippen LogP contribution is -2.44. The summed E-state index contributed by atoms with van der Waals surface area (Å²) in [5.74, 6) is 2.27. The summed E-state index contributed by atoms with van der Waals surface area (Å²) in [5.41, 5.74) is 2.18. The van der Waals surface area contributed by atoms with Crippen LogP contribution in [-0.2, 0) is 11.8 Å². The summed E-state index contributed by atoms with van der Waals surface area (Å²) in [6, 6.07) is 6.05. The highest BCUT2D eigenvalue weighted by molar-refractivity contribution is 14.0. The Balaban J connectivity index is 0.00000420. The maximum atomic E-state index is 5.44. The average Bonchev–Trinajstić information content (AvgIpc) is 3.01. The molecule has 0 atom stereocenters. The highest BCUT2D eigenvalue weighted by Crippen LogP contribution is 2.32. The van der Waals surface area contributed by atoms with Crippen molar-refractivity contribution in [1.82, 2.24) is 15.6 Å². The van der Waals surface area contributed by atoms with E-state index in [0.717, 1.165) is 47.7 Å². The SMILES string of the molecule is CN=C(NCCc1nc(C)c(C)s1)NCC(C)(C)c1ccc(OC)c(OC)c1.I. The summed E-state index contributed by atoms with van der Waals surface area (Å²) in [7, 11) is 5.09. The van der Waals surface area contributed by atoms with Crippen LogP contribution in [0.1, 0.15) is 35.0 Å². The van der Waals surface area contributed by atoms with E-state index < -0.39 is 0 Å². The van der Waals surface area contributed by atoms with Crippen LogP contribution in [0, 0.1) is 13.8 Å². The summed E-state index contributed by atoms with van der Waals surface area (Å²) < 4.78 is 10.8. The summed E-state index contributed by atoms with van der Waals surface area (Å²) in [5, 5.41) is 7.96. The Kier molecular flexibility index (Phi) is 10.2. The molecule has 0 saturated carbocycles. The minimum atomic E-state index is -0.110. The maximum absolute atomic E-state index is 5.44. The summed E-state index contributed by atoms with van der Waals surface area (Å²) in [4.78, 5) is 10.2. The van der Waals surface area contributed by atoms with Crippen molar-refractivity contribution in [2.45, 2.75) is 39.5 Å². The minimum Gasteiger partial charge on any atom is -0.493 e. The molecule has 1 aromatic heterocycles. The number of ether oxygens (including phenoxy) is 2. The number of nitrogens with zero attached hydrogens (tertiary/aromatic N) is 2. The summed E-state index contributed by atoms with van der Waals surface area (Å²) >= 11 is 1.76. The fourth-order valence-corrected chi connectivity index (χ4v) is 3.75. The van der Waals surface area contributed by atoms with Crippen LogP contribution in [0.25, 0.3) is 0 Å². The number of benzene rings is 1. The summed E-state index contributed by atoms with van der Waals surface area (Å²) in [6.07, 6.45) is 0.888. The molecule has 1 aromatic carbocycles. The third-order valence-electron chi connectivity index (χ3n) is 4.79. The number of aliphatic imine (C=N–C) groups is 1. The number of rotatable bonds is 8. The van der Waals surface area contributed by atoms with Gasteiger partial charge in [0.25, 0.3) is 0 Å². The van der Waals surface area contributed by atoms with Crippen molar-refractivity contribution in [2.75, 3.05) is 34.4 Å². The lowest BCUT2D eigenvalue weighted by molar-refractivity contribution is 0.353. The van der Waals surface area contributed by atoms with Gasteiger partial charge in [-0.1, -0.05) is 19.9 Å². The number of thiazole rings is 1. The van der Waals surface area contributed by atoms with Crippen molar-refractivity contribution in [2.24, 2.45) is 4.99 Å². The maximum Gasteiger partial charge on any atom is 0.191 e. The van der Waals surface area contributed by atoms with E-state index in [1.54, 1.807) is 32.6 Å². The van der Waals surface area contributed by atoms with E-state index >= 15 is 0 Å². The molecule has 0 radical (unpaired) electrons. The van der Waals surface area contributed by atoms with E-state index in [1.165, 1.54) is 10.4 Å². The van der Waals surface area contributed by atoms with Crippen molar-refractivity contribution in [1.29, 1.82) is 0 Å². The van der Waals surface area contributed by atoms with Crippen LogP contribution < -0.4 is 20.1 Å². The molecule has 0 aliphatic heterocycles. The van der Waals surface area contributed by atoms with Gasteiger partial charge in [0.1, 0.15) is 0 Å². The smallest absolute Gasteiger partial charge is 0.191 e. The van der Waals surface area contributed by atoms with E-state index in [2.05, 4.69) is 54.4 Å². The number of methoxy groups -OCH3 is 2. The number of nitrogens with one attached hydrogen (secondary N) is 2. The van der Waals surface area contributed by atoms with Gasteiger partial charge in [0, 0.05) is 36.9 Å². The number of hydrogen-bond acceptors (Lipinski definition) is 5. The van der Waals surface area contributed by atoms with Gasteiger partial charge in [0.05, 0.1) is 24.9 Å². The first-order chi connectivity index (χ1) is 13.3. The zero-order valence-electron chi connectivity index (χ0n) is 18.4. The van der Waals surface area contributed by atoms with Gasteiger partial charge in [-0.15, -0.1) is 35.3 Å². The number of aromatic nitrogens is 1. The predicted octanol–water partition coefficient (Wildman–Crippen LogP) is 4.08. The molecule has 2 N–H and O–H groups in total. The Morgan fingerprint density at radius 2 is 1.83 bits per heavy atom. The second-order valence-electron chi connectivity index (χ2n) is 7.31. The fourth-order valence-electron chi connectivity index (χ4n) is 2.82. The van der Waals surface area contributed by atoms with E-state index in [4.69, 9.17) is 9.47 Å². The van der Waals surface area contributed by atoms with Gasteiger partial charge in [-0.3, -0.25) is 4.99 Å². The Morgan fingerprint density at radius 3 is 2.38 bits per heavy atom. The van der Waals surface area contributed by atoms with Crippen molar-refractivity contribution in [3.8, 4) is 11.5 Å². The molecule has 0 aliphatic carbocycles. The van der Waals surface area contributed by atoms with Gasteiger partial charge in [0.2, 0.25) is 0 Å². The second-order valence-corrected chi connectivity index (χ2v) is 8.59. The van der Waals surface area contributed by atoms with E-state index in [0.29, 0.717) is 0 Å². The quantitative estimate of drug-likeness (QED) is 0.305. The van der Waals surface area contributed by atoms with Crippen molar-refractivity contribution in [3.05, 3.63) is 39.3 Å². The predicted molar refractivity (Wildman–Crippen MR) is 133 cm³/mol. The van der Waals surface area contributed by atoms with Gasteiger partial charge in [-0.2, -0.15) is 0 Å². The van der Waals surface area contributed by atoms with Crippen molar-refractivity contribution < 1.29 is 9.47 Å². The van der Waals surface area contributed by atoms with Gasteiger partial charge in [-0.25, -0.2) is 4.98 Å². The van der Waals surface area contributed by atoms with Crippen LogP contribution in [0.15, 0.2) is 23.2 Å². The third kappa shape index (κ3) is 7.02. The molecule has 1 heterocycles. The molecule has 6 nitrogen and oxygen atoms in total. The van der Waals surface area contributed by atoms with Gasteiger partial charge >= 0.3 is 0 Å². The minimum absolute atomic E-state index is 0. The lowest BCUT2D eigenvalue weighted by Gasteiger charge is -2.27. The Bertz CT molecular complexity index is 802. The number of aryl methyl sites for hydroxylation is 2. The van der Waals surface area contributed by atoms with Gasteiger partial charge in [0.15, 0.2) is 17.5 Å². The normalized spacial score (nSPS) is 11.6. The second kappa shape index (κ2) is 11.6. The molecular weight excluding hydrogens is 499 g/mol. The highest BCUT2D eigenvalue weighted by Gasteiger charge is 2.22. The molecule has 0 fully saturated rings. The molecule has 0 aliphatic rings. The molecular formula is C21H33IN4O2S. The molecule has 2 aromatic rings. The van der Waals surface area contributed by atoms with Crippen molar-refractivity contribution in [3.63, 3.8) is 0 Å². The number of guanidine groups is 1. The first-order valence-corrected chi connectivity index (χ1v) is 10.2. The van der Waals surface area contributed by atoms with E-state index in [9.17, 15) is 0 Å². The van der Waals surface area contributed by atoms with Gasteiger partial charge < -0.3 is 20.1 Å². The fraction of sp³-hybridized carbons (Fsp3) is 0.524.